The summed E-state index contributed by atoms with van der Waals surface area (Å²) in [5.41, 5.74) is -0.158. The van der Waals surface area contributed by atoms with Gasteiger partial charge in [0.05, 0.1) is 28.0 Å². The van der Waals surface area contributed by atoms with Crippen LogP contribution in [0.5, 0.6) is 0 Å². The molecular formula is C17H22N2O6S. The Bertz CT molecular complexity index is 801. The van der Waals surface area contributed by atoms with Gasteiger partial charge >= 0.3 is 5.97 Å². The lowest BCUT2D eigenvalue weighted by molar-refractivity contribution is -0.384. The highest BCUT2D eigenvalue weighted by molar-refractivity contribution is 7.91. The number of ether oxygens (including phenoxy) is 1. The largest absolute Gasteiger partial charge is 0.456 e. The van der Waals surface area contributed by atoms with Crippen molar-refractivity contribution in [2.24, 2.45) is 5.92 Å². The number of hydrogen-bond donors (Lipinski definition) is 0. The number of nitrogens with zero attached hydrogens (tertiary/aromatic N) is 2. The lowest BCUT2D eigenvalue weighted by atomic mass is 9.97. The summed E-state index contributed by atoms with van der Waals surface area (Å²) in [7, 11) is -3.28. The normalized spacial score (nSPS) is 26.5. The fourth-order valence-corrected chi connectivity index (χ4v) is 5.43. The summed E-state index contributed by atoms with van der Waals surface area (Å²) in [6, 6.07) is 4.91. The average Bonchev–Trinajstić information content (AvgIpc) is 2.90. The van der Waals surface area contributed by atoms with E-state index >= 15 is 0 Å². The summed E-state index contributed by atoms with van der Waals surface area (Å²) < 4.78 is 29.7. The lowest BCUT2D eigenvalue weighted by Gasteiger charge is -2.36. The standard InChI is InChI=1S/C17H22N2O6S/c1-12-5-7-18(8-6-12)15-10-26(23,24)11-16(15)25-17(20)13-3-2-4-14(9-13)19(21)22/h2-4,9,12,15-16H,5-8,10-11H2,1H3. The van der Waals surface area contributed by atoms with Crippen molar-refractivity contribution in [1.29, 1.82) is 0 Å². The first-order valence-electron chi connectivity index (χ1n) is 8.65. The topological polar surface area (TPSA) is 107 Å². The number of nitro benzene ring substituents is 1. The van der Waals surface area contributed by atoms with Crippen LogP contribution in [0.1, 0.15) is 30.1 Å². The Morgan fingerprint density at radius 3 is 2.62 bits per heavy atom. The number of esters is 1. The van der Waals surface area contributed by atoms with Gasteiger partial charge in [0.2, 0.25) is 0 Å². The molecular weight excluding hydrogens is 360 g/mol. The van der Waals surface area contributed by atoms with E-state index in [0.717, 1.165) is 32.0 Å². The molecule has 2 heterocycles. The van der Waals surface area contributed by atoms with Gasteiger partial charge in [0, 0.05) is 12.1 Å². The second-order valence-corrected chi connectivity index (χ2v) is 9.27. The Labute approximate surface area is 152 Å². The van der Waals surface area contributed by atoms with Crippen LogP contribution < -0.4 is 0 Å². The van der Waals surface area contributed by atoms with E-state index < -0.39 is 26.8 Å². The van der Waals surface area contributed by atoms with Crippen molar-refractivity contribution in [2.75, 3.05) is 24.6 Å². The first kappa shape index (κ1) is 18.8. The van der Waals surface area contributed by atoms with Gasteiger partial charge in [-0.05, 0) is 37.9 Å². The van der Waals surface area contributed by atoms with Crippen LogP contribution in [0.3, 0.4) is 0 Å². The predicted octanol–water partition coefficient (Wildman–Crippen LogP) is 1.65. The van der Waals surface area contributed by atoms with Gasteiger partial charge in [-0.15, -0.1) is 0 Å². The molecule has 2 aliphatic rings. The summed E-state index contributed by atoms with van der Waals surface area (Å²) >= 11 is 0. The summed E-state index contributed by atoms with van der Waals surface area (Å²) in [4.78, 5) is 24.8. The second kappa shape index (κ2) is 7.32. The van der Waals surface area contributed by atoms with Crippen LogP contribution in [-0.2, 0) is 14.6 Å². The zero-order chi connectivity index (χ0) is 18.9. The van der Waals surface area contributed by atoms with Crippen LogP contribution in [0.25, 0.3) is 0 Å². The highest BCUT2D eigenvalue weighted by Gasteiger charge is 2.44. The van der Waals surface area contributed by atoms with E-state index in [0.29, 0.717) is 5.92 Å². The summed E-state index contributed by atoms with van der Waals surface area (Å²) in [5.74, 6) is -0.347. The van der Waals surface area contributed by atoms with Crippen molar-refractivity contribution >= 4 is 21.5 Å². The lowest BCUT2D eigenvalue weighted by Crippen LogP contribution is -2.48. The Morgan fingerprint density at radius 1 is 1.27 bits per heavy atom. The predicted molar refractivity (Wildman–Crippen MR) is 94.7 cm³/mol. The highest BCUT2D eigenvalue weighted by atomic mass is 32.2. The molecule has 26 heavy (non-hydrogen) atoms. The van der Waals surface area contributed by atoms with E-state index in [2.05, 4.69) is 11.8 Å². The van der Waals surface area contributed by atoms with Gasteiger partial charge in [0.15, 0.2) is 9.84 Å². The number of hydrogen-bond acceptors (Lipinski definition) is 7. The van der Waals surface area contributed by atoms with E-state index in [9.17, 15) is 23.3 Å². The van der Waals surface area contributed by atoms with Gasteiger partial charge in [-0.3, -0.25) is 15.0 Å². The Kier molecular flexibility index (Phi) is 5.29. The van der Waals surface area contributed by atoms with Crippen molar-refractivity contribution in [2.45, 2.75) is 31.9 Å². The molecule has 8 nitrogen and oxygen atoms in total. The third-order valence-corrected chi connectivity index (χ3v) is 6.80. The molecule has 0 aliphatic carbocycles. The maximum absolute atomic E-state index is 12.4. The minimum Gasteiger partial charge on any atom is -0.456 e. The van der Waals surface area contributed by atoms with Crippen molar-refractivity contribution < 1.29 is 22.9 Å². The minimum absolute atomic E-state index is 0.0196. The first-order chi connectivity index (χ1) is 12.2. The molecule has 2 fully saturated rings. The molecule has 0 bridgehead atoms. The molecule has 1 aromatic rings. The number of carbonyl (C=O) groups excluding carboxylic acids is 1. The Hall–Kier alpha value is -2.00. The molecule has 0 saturated carbocycles. The highest BCUT2D eigenvalue weighted by Crippen LogP contribution is 2.27. The quantitative estimate of drug-likeness (QED) is 0.443. The number of nitro groups is 1. The van der Waals surface area contributed by atoms with Gasteiger partial charge in [-0.1, -0.05) is 13.0 Å². The van der Waals surface area contributed by atoms with Crippen molar-refractivity contribution in [1.82, 2.24) is 4.90 Å². The summed E-state index contributed by atoms with van der Waals surface area (Å²) in [6.07, 6.45) is 1.23. The third kappa shape index (κ3) is 4.21. The summed E-state index contributed by atoms with van der Waals surface area (Å²) in [5, 5.41) is 10.9. The maximum atomic E-state index is 12.4. The van der Waals surface area contributed by atoms with E-state index in [1.54, 1.807) is 0 Å². The number of benzene rings is 1. The van der Waals surface area contributed by atoms with Gasteiger partial charge in [-0.2, -0.15) is 0 Å². The van der Waals surface area contributed by atoms with Gasteiger partial charge < -0.3 is 4.74 Å². The Balaban J connectivity index is 1.74. The zero-order valence-corrected chi connectivity index (χ0v) is 15.4. The molecule has 2 unspecified atom stereocenters. The van der Waals surface area contributed by atoms with E-state index in [1.165, 1.54) is 18.2 Å². The van der Waals surface area contributed by atoms with Gasteiger partial charge in [0.1, 0.15) is 6.10 Å². The molecule has 2 saturated heterocycles. The third-order valence-electron chi connectivity index (χ3n) is 5.11. The van der Waals surface area contributed by atoms with Crippen LogP contribution in [0.15, 0.2) is 24.3 Å². The molecule has 0 spiro atoms. The van der Waals surface area contributed by atoms with Gasteiger partial charge in [-0.25, -0.2) is 13.2 Å². The zero-order valence-electron chi connectivity index (χ0n) is 14.5. The number of rotatable bonds is 4. The second-order valence-electron chi connectivity index (χ2n) is 7.11. The number of non-ortho nitro benzene ring substituents is 1. The molecule has 142 valence electrons. The van der Waals surface area contributed by atoms with Crippen molar-refractivity contribution in [3.05, 3.63) is 39.9 Å². The van der Waals surface area contributed by atoms with Crippen molar-refractivity contribution in [3.63, 3.8) is 0 Å². The fraction of sp³-hybridized carbons (Fsp3) is 0.588. The number of sulfone groups is 1. The molecule has 0 aromatic heterocycles. The minimum atomic E-state index is -3.28. The molecule has 2 atom stereocenters. The van der Waals surface area contributed by atoms with Crippen LogP contribution >= 0.6 is 0 Å². The molecule has 1 aromatic carbocycles. The first-order valence-corrected chi connectivity index (χ1v) is 10.5. The maximum Gasteiger partial charge on any atom is 0.338 e. The number of piperidine rings is 1. The van der Waals surface area contributed by atoms with E-state index in [4.69, 9.17) is 4.74 Å². The van der Waals surface area contributed by atoms with E-state index in [-0.39, 0.29) is 28.8 Å². The molecule has 3 rings (SSSR count). The van der Waals surface area contributed by atoms with Crippen LogP contribution in [-0.4, -0.2) is 61.0 Å². The fourth-order valence-electron chi connectivity index (χ4n) is 3.56. The molecule has 2 aliphatic heterocycles. The molecule has 9 heteroatoms. The van der Waals surface area contributed by atoms with Crippen LogP contribution in [0.2, 0.25) is 0 Å². The van der Waals surface area contributed by atoms with Crippen LogP contribution in [0.4, 0.5) is 5.69 Å². The summed E-state index contributed by atoms with van der Waals surface area (Å²) in [6.45, 7) is 3.74. The van der Waals surface area contributed by atoms with Crippen molar-refractivity contribution in [3.8, 4) is 0 Å². The smallest absolute Gasteiger partial charge is 0.338 e. The van der Waals surface area contributed by atoms with Crippen LogP contribution in [0, 0.1) is 16.0 Å². The monoisotopic (exact) mass is 382 g/mol. The molecule has 0 amide bonds. The SMILES string of the molecule is CC1CCN(C2CS(=O)(=O)CC2OC(=O)c2cccc([N+](=O)[O-])c2)CC1. The molecule has 0 radical (unpaired) electrons. The number of carbonyl (C=O) groups is 1. The van der Waals surface area contributed by atoms with E-state index in [1.807, 2.05) is 0 Å². The van der Waals surface area contributed by atoms with Gasteiger partial charge in [0.25, 0.3) is 5.69 Å². The Morgan fingerprint density at radius 2 is 1.96 bits per heavy atom. The molecule has 0 N–H and O–H groups in total. The number of likely N-dealkylation sites (tertiary alicyclic amines) is 1. The average molecular weight is 382 g/mol.